The maximum Gasteiger partial charge on any atom is 0.238 e. The van der Waals surface area contributed by atoms with E-state index >= 15 is 0 Å². The van der Waals surface area contributed by atoms with Crippen LogP contribution in [-0.2, 0) is 4.79 Å². The van der Waals surface area contributed by atoms with Crippen molar-refractivity contribution in [3.05, 3.63) is 29.8 Å². The van der Waals surface area contributed by atoms with Gasteiger partial charge in [0.1, 0.15) is 0 Å². The first kappa shape index (κ1) is 16.4. The molecule has 0 bridgehead atoms. The molecule has 0 radical (unpaired) electrons. The molecule has 1 aromatic carbocycles. The number of ketones is 1. The highest BCUT2D eigenvalue weighted by Gasteiger charge is 2.12. The van der Waals surface area contributed by atoms with Crippen LogP contribution in [0.1, 0.15) is 44.0 Å². The summed E-state index contributed by atoms with van der Waals surface area (Å²) in [6.07, 6.45) is 2.20. The van der Waals surface area contributed by atoms with Crippen LogP contribution in [0.3, 0.4) is 0 Å². The first-order valence-electron chi connectivity index (χ1n) is 7.20. The summed E-state index contributed by atoms with van der Waals surface area (Å²) in [6.45, 7) is 7.83. The van der Waals surface area contributed by atoms with Crippen molar-refractivity contribution in [2.45, 2.75) is 33.6 Å². The van der Waals surface area contributed by atoms with Crippen molar-refractivity contribution < 1.29 is 9.59 Å². The lowest BCUT2D eigenvalue weighted by molar-refractivity contribution is -0.117. The van der Waals surface area contributed by atoms with Crippen molar-refractivity contribution in [2.75, 3.05) is 25.0 Å². The van der Waals surface area contributed by atoms with Gasteiger partial charge in [-0.25, -0.2) is 0 Å². The topological polar surface area (TPSA) is 49.4 Å². The number of likely N-dealkylation sites (N-methyl/N-ethyl adjacent to an activating group) is 1. The Bertz CT molecular complexity index is 458. The molecule has 0 aliphatic carbocycles. The van der Waals surface area contributed by atoms with Gasteiger partial charge >= 0.3 is 0 Å². The van der Waals surface area contributed by atoms with E-state index in [-0.39, 0.29) is 11.7 Å². The summed E-state index contributed by atoms with van der Waals surface area (Å²) >= 11 is 0. The van der Waals surface area contributed by atoms with Crippen LogP contribution < -0.4 is 5.32 Å². The highest BCUT2D eigenvalue weighted by atomic mass is 16.2. The SMILES string of the molecule is CCCCN(CC)CC(=O)Nc1ccccc1C(C)=O. The predicted octanol–water partition coefficient (Wildman–Crippen LogP) is 2.95. The molecule has 0 saturated carbocycles. The van der Waals surface area contributed by atoms with E-state index in [9.17, 15) is 9.59 Å². The number of nitrogens with zero attached hydrogens (tertiary/aromatic N) is 1. The van der Waals surface area contributed by atoms with E-state index in [2.05, 4.69) is 17.1 Å². The highest BCUT2D eigenvalue weighted by Crippen LogP contribution is 2.15. The van der Waals surface area contributed by atoms with Gasteiger partial charge in [-0.05, 0) is 38.6 Å². The Kier molecular flexibility index (Phi) is 6.94. The zero-order valence-corrected chi connectivity index (χ0v) is 12.6. The molecule has 1 rings (SSSR count). The normalized spacial score (nSPS) is 10.6. The molecule has 4 nitrogen and oxygen atoms in total. The Morgan fingerprint density at radius 2 is 1.90 bits per heavy atom. The number of unbranched alkanes of at least 4 members (excludes halogenated alkanes) is 1. The Morgan fingerprint density at radius 3 is 2.50 bits per heavy atom. The number of rotatable bonds is 8. The third-order valence-electron chi connectivity index (χ3n) is 3.22. The number of carbonyl (C=O) groups is 2. The smallest absolute Gasteiger partial charge is 0.238 e. The molecule has 0 aromatic heterocycles. The molecule has 0 aliphatic rings. The van der Waals surface area contributed by atoms with E-state index < -0.39 is 0 Å². The minimum absolute atomic E-state index is 0.0424. The van der Waals surface area contributed by atoms with Crippen LogP contribution in [-0.4, -0.2) is 36.2 Å². The first-order valence-corrected chi connectivity index (χ1v) is 7.20. The van der Waals surface area contributed by atoms with Gasteiger partial charge in [0, 0.05) is 5.56 Å². The number of hydrogen-bond acceptors (Lipinski definition) is 3. The molecule has 0 unspecified atom stereocenters. The average Bonchev–Trinajstić information content (AvgIpc) is 2.43. The van der Waals surface area contributed by atoms with E-state index in [1.165, 1.54) is 6.92 Å². The average molecular weight is 276 g/mol. The predicted molar refractivity (Wildman–Crippen MR) is 82.1 cm³/mol. The van der Waals surface area contributed by atoms with Crippen LogP contribution in [0.4, 0.5) is 5.69 Å². The summed E-state index contributed by atoms with van der Waals surface area (Å²) in [5.41, 5.74) is 1.15. The molecule has 1 N–H and O–H groups in total. The molecule has 0 aliphatic heterocycles. The summed E-state index contributed by atoms with van der Waals surface area (Å²) < 4.78 is 0. The van der Waals surface area contributed by atoms with Gasteiger partial charge < -0.3 is 5.32 Å². The third-order valence-corrected chi connectivity index (χ3v) is 3.22. The zero-order valence-electron chi connectivity index (χ0n) is 12.6. The number of benzene rings is 1. The largest absolute Gasteiger partial charge is 0.324 e. The van der Waals surface area contributed by atoms with Crippen molar-refractivity contribution in [1.29, 1.82) is 0 Å². The lowest BCUT2D eigenvalue weighted by Gasteiger charge is -2.19. The number of nitrogens with one attached hydrogen (secondary N) is 1. The molecule has 1 aromatic rings. The van der Waals surface area contributed by atoms with Crippen molar-refractivity contribution in [3.63, 3.8) is 0 Å². The zero-order chi connectivity index (χ0) is 15.0. The fourth-order valence-corrected chi connectivity index (χ4v) is 2.02. The fourth-order valence-electron chi connectivity index (χ4n) is 2.02. The quantitative estimate of drug-likeness (QED) is 0.743. The van der Waals surface area contributed by atoms with Gasteiger partial charge in [-0.2, -0.15) is 0 Å². The molecule has 110 valence electrons. The fraction of sp³-hybridized carbons (Fsp3) is 0.500. The first-order chi connectivity index (χ1) is 9.58. The summed E-state index contributed by atoms with van der Waals surface area (Å²) in [6, 6.07) is 7.10. The van der Waals surface area contributed by atoms with Crippen molar-refractivity contribution in [1.82, 2.24) is 4.90 Å². The second kappa shape index (κ2) is 8.48. The van der Waals surface area contributed by atoms with Gasteiger partial charge in [0.2, 0.25) is 5.91 Å². The Balaban J connectivity index is 2.64. The maximum atomic E-state index is 12.1. The molecule has 0 atom stereocenters. The molecular formula is C16H24N2O2. The molecular weight excluding hydrogens is 252 g/mol. The molecule has 1 amide bonds. The van der Waals surface area contributed by atoms with Gasteiger partial charge in [0.25, 0.3) is 0 Å². The molecule has 0 saturated heterocycles. The van der Waals surface area contributed by atoms with Crippen LogP contribution in [0.2, 0.25) is 0 Å². The number of Topliss-reactive ketones (excluding diaryl/α,β-unsaturated/α-hetero) is 1. The molecule has 0 fully saturated rings. The van der Waals surface area contributed by atoms with Crippen LogP contribution >= 0.6 is 0 Å². The summed E-state index contributed by atoms with van der Waals surface area (Å²) in [5, 5.41) is 2.83. The second-order valence-electron chi connectivity index (χ2n) is 4.87. The van der Waals surface area contributed by atoms with Crippen LogP contribution in [0, 0.1) is 0 Å². The summed E-state index contributed by atoms with van der Waals surface area (Å²) in [5.74, 6) is -0.115. The molecule has 0 spiro atoms. The number of para-hydroxylation sites is 1. The minimum atomic E-state index is -0.0725. The summed E-state index contributed by atoms with van der Waals surface area (Å²) in [7, 11) is 0. The van der Waals surface area contributed by atoms with E-state index in [0.717, 1.165) is 25.9 Å². The second-order valence-corrected chi connectivity index (χ2v) is 4.87. The van der Waals surface area contributed by atoms with Gasteiger partial charge in [0.05, 0.1) is 12.2 Å². The van der Waals surface area contributed by atoms with Gasteiger partial charge in [-0.3, -0.25) is 14.5 Å². The Labute approximate surface area is 121 Å². The minimum Gasteiger partial charge on any atom is -0.324 e. The third kappa shape index (κ3) is 5.13. The van der Waals surface area contributed by atoms with Crippen molar-refractivity contribution in [3.8, 4) is 0 Å². The highest BCUT2D eigenvalue weighted by molar-refractivity contribution is 6.04. The monoisotopic (exact) mass is 276 g/mol. The lowest BCUT2D eigenvalue weighted by Crippen LogP contribution is -2.34. The van der Waals surface area contributed by atoms with Crippen LogP contribution in [0.5, 0.6) is 0 Å². The number of carbonyl (C=O) groups excluding carboxylic acids is 2. The van der Waals surface area contributed by atoms with E-state index in [1.807, 2.05) is 13.0 Å². The molecule has 20 heavy (non-hydrogen) atoms. The lowest BCUT2D eigenvalue weighted by atomic mass is 10.1. The standard InChI is InChI=1S/C16H24N2O2/c1-4-6-11-18(5-2)12-16(20)17-15-10-8-7-9-14(15)13(3)19/h7-10H,4-6,11-12H2,1-3H3,(H,17,20). The Hall–Kier alpha value is -1.68. The van der Waals surface area contributed by atoms with Gasteiger partial charge in [-0.15, -0.1) is 0 Å². The van der Waals surface area contributed by atoms with Gasteiger partial charge in [0.15, 0.2) is 5.78 Å². The maximum absolute atomic E-state index is 12.1. The Morgan fingerprint density at radius 1 is 1.20 bits per heavy atom. The van der Waals surface area contributed by atoms with Crippen molar-refractivity contribution in [2.24, 2.45) is 0 Å². The van der Waals surface area contributed by atoms with Crippen LogP contribution in [0.25, 0.3) is 0 Å². The number of hydrogen-bond donors (Lipinski definition) is 1. The van der Waals surface area contributed by atoms with Crippen molar-refractivity contribution >= 4 is 17.4 Å². The number of amides is 1. The van der Waals surface area contributed by atoms with E-state index in [0.29, 0.717) is 17.8 Å². The van der Waals surface area contributed by atoms with Gasteiger partial charge in [-0.1, -0.05) is 32.4 Å². The molecule has 4 heteroatoms. The summed E-state index contributed by atoms with van der Waals surface area (Å²) in [4.78, 5) is 25.7. The molecule has 0 heterocycles. The van der Waals surface area contributed by atoms with Crippen LogP contribution in [0.15, 0.2) is 24.3 Å². The van der Waals surface area contributed by atoms with E-state index in [1.54, 1.807) is 18.2 Å². The number of anilines is 1. The van der Waals surface area contributed by atoms with E-state index in [4.69, 9.17) is 0 Å².